The van der Waals surface area contributed by atoms with Gasteiger partial charge in [0.1, 0.15) is 5.82 Å². The van der Waals surface area contributed by atoms with Crippen LogP contribution in [0.2, 0.25) is 0 Å². The summed E-state index contributed by atoms with van der Waals surface area (Å²) >= 11 is 1.56. The lowest BCUT2D eigenvalue weighted by Crippen LogP contribution is -2.34. The van der Waals surface area contributed by atoms with E-state index in [1.807, 2.05) is 6.07 Å². The molecule has 0 aliphatic carbocycles. The second-order valence-corrected chi connectivity index (χ2v) is 5.43. The van der Waals surface area contributed by atoms with Crippen molar-refractivity contribution in [3.8, 4) is 6.07 Å². The molecule has 0 aromatic carbocycles. The largest absolute Gasteiger partial charge is 0.382 e. The first-order valence-corrected chi connectivity index (χ1v) is 6.75. The van der Waals surface area contributed by atoms with Crippen LogP contribution >= 0.6 is 11.3 Å². The summed E-state index contributed by atoms with van der Waals surface area (Å²) in [6.07, 6.45) is 3.71. The fourth-order valence-corrected chi connectivity index (χ4v) is 3.25. The number of pyridine rings is 1. The van der Waals surface area contributed by atoms with Crippen LogP contribution < -0.4 is 10.6 Å². The van der Waals surface area contributed by atoms with Crippen molar-refractivity contribution in [3.05, 3.63) is 12.3 Å². The Morgan fingerprint density at radius 2 is 2.44 bits per heavy atom. The minimum absolute atomic E-state index is 0.112. The SMILES string of the molecule is N#CC1CCCN(c2nc3ccnc(N)c3s2)C1. The van der Waals surface area contributed by atoms with E-state index in [1.54, 1.807) is 17.5 Å². The molecule has 0 amide bonds. The highest BCUT2D eigenvalue weighted by Crippen LogP contribution is 2.33. The Kier molecular flexibility index (Phi) is 2.76. The second kappa shape index (κ2) is 4.42. The van der Waals surface area contributed by atoms with Crippen LogP contribution in [0, 0.1) is 17.2 Å². The van der Waals surface area contributed by atoms with E-state index in [9.17, 15) is 0 Å². The standard InChI is InChI=1S/C12H13N5S/c13-6-8-2-1-5-17(7-8)12-16-9-3-4-15-11(14)10(9)18-12/h3-4,8H,1-2,5,7H2,(H2,14,15). The van der Waals surface area contributed by atoms with Gasteiger partial charge in [-0.1, -0.05) is 11.3 Å². The lowest BCUT2D eigenvalue weighted by molar-refractivity contribution is 0.493. The van der Waals surface area contributed by atoms with Gasteiger partial charge in [-0.3, -0.25) is 0 Å². The summed E-state index contributed by atoms with van der Waals surface area (Å²) in [7, 11) is 0. The number of rotatable bonds is 1. The fourth-order valence-electron chi connectivity index (χ4n) is 2.25. The Morgan fingerprint density at radius 3 is 3.22 bits per heavy atom. The van der Waals surface area contributed by atoms with Crippen molar-refractivity contribution < 1.29 is 0 Å². The molecule has 2 aromatic rings. The molecule has 1 unspecified atom stereocenters. The molecule has 2 N–H and O–H groups in total. The van der Waals surface area contributed by atoms with E-state index < -0.39 is 0 Å². The van der Waals surface area contributed by atoms with Crippen molar-refractivity contribution in [3.63, 3.8) is 0 Å². The van der Waals surface area contributed by atoms with Gasteiger partial charge in [0.25, 0.3) is 0 Å². The van der Waals surface area contributed by atoms with Gasteiger partial charge in [0, 0.05) is 19.3 Å². The molecule has 2 aromatic heterocycles. The Hall–Kier alpha value is -1.87. The minimum Gasteiger partial charge on any atom is -0.382 e. The number of anilines is 2. The van der Waals surface area contributed by atoms with Gasteiger partial charge in [-0.25, -0.2) is 9.97 Å². The highest BCUT2D eigenvalue weighted by Gasteiger charge is 2.22. The third-order valence-corrected chi connectivity index (χ3v) is 4.35. The van der Waals surface area contributed by atoms with Crippen LogP contribution in [0.5, 0.6) is 0 Å². The number of thiazole rings is 1. The molecular formula is C12H13N5S. The van der Waals surface area contributed by atoms with E-state index in [0.29, 0.717) is 5.82 Å². The quantitative estimate of drug-likeness (QED) is 0.847. The van der Waals surface area contributed by atoms with Crippen LogP contribution in [0.4, 0.5) is 10.9 Å². The van der Waals surface area contributed by atoms with E-state index in [1.165, 1.54) is 0 Å². The Bertz CT molecular complexity index is 614. The third-order valence-electron chi connectivity index (χ3n) is 3.20. The second-order valence-electron chi connectivity index (χ2n) is 4.46. The molecule has 18 heavy (non-hydrogen) atoms. The molecule has 92 valence electrons. The molecule has 1 fully saturated rings. The number of aromatic nitrogens is 2. The van der Waals surface area contributed by atoms with Gasteiger partial charge < -0.3 is 10.6 Å². The molecule has 1 atom stereocenters. The van der Waals surface area contributed by atoms with Crippen LogP contribution in [0.3, 0.4) is 0 Å². The van der Waals surface area contributed by atoms with E-state index in [2.05, 4.69) is 20.9 Å². The highest BCUT2D eigenvalue weighted by molar-refractivity contribution is 7.22. The minimum atomic E-state index is 0.112. The van der Waals surface area contributed by atoms with Crippen molar-refractivity contribution in [2.75, 3.05) is 23.7 Å². The summed E-state index contributed by atoms with van der Waals surface area (Å²) in [4.78, 5) is 10.8. The molecule has 1 saturated heterocycles. The normalized spacial score (nSPS) is 19.9. The molecule has 6 heteroatoms. The smallest absolute Gasteiger partial charge is 0.186 e. The molecule has 0 bridgehead atoms. The molecule has 1 aliphatic heterocycles. The van der Waals surface area contributed by atoms with Crippen LogP contribution in [0.1, 0.15) is 12.8 Å². The summed E-state index contributed by atoms with van der Waals surface area (Å²) in [5.41, 5.74) is 6.73. The molecule has 0 saturated carbocycles. The predicted molar refractivity (Wildman–Crippen MR) is 72.4 cm³/mol. The predicted octanol–water partition coefficient (Wildman–Crippen LogP) is 2.01. The van der Waals surface area contributed by atoms with E-state index in [-0.39, 0.29) is 5.92 Å². The maximum absolute atomic E-state index is 9.02. The van der Waals surface area contributed by atoms with Gasteiger partial charge in [0.2, 0.25) is 0 Å². The van der Waals surface area contributed by atoms with Gasteiger partial charge in [-0.15, -0.1) is 0 Å². The van der Waals surface area contributed by atoms with Gasteiger partial charge in [-0.2, -0.15) is 5.26 Å². The van der Waals surface area contributed by atoms with E-state index in [0.717, 1.165) is 41.3 Å². The molecule has 0 radical (unpaired) electrons. The molecule has 0 spiro atoms. The van der Waals surface area contributed by atoms with E-state index in [4.69, 9.17) is 11.0 Å². The molecule has 1 aliphatic rings. The first kappa shape index (κ1) is 11.2. The highest BCUT2D eigenvalue weighted by atomic mass is 32.1. The third kappa shape index (κ3) is 1.87. The van der Waals surface area contributed by atoms with Gasteiger partial charge >= 0.3 is 0 Å². The number of nitrogens with two attached hydrogens (primary N) is 1. The van der Waals surface area contributed by atoms with Crippen LogP contribution in [-0.4, -0.2) is 23.1 Å². The van der Waals surface area contributed by atoms with Crippen molar-refractivity contribution in [2.45, 2.75) is 12.8 Å². The first-order chi connectivity index (χ1) is 8.78. The maximum atomic E-state index is 9.02. The molecule has 3 rings (SSSR count). The van der Waals surface area contributed by atoms with Gasteiger partial charge in [0.15, 0.2) is 5.13 Å². The summed E-state index contributed by atoms with van der Waals surface area (Å²) in [5.74, 6) is 0.645. The summed E-state index contributed by atoms with van der Waals surface area (Å²) in [6, 6.07) is 4.22. The van der Waals surface area contributed by atoms with Crippen molar-refractivity contribution in [1.29, 1.82) is 5.26 Å². The zero-order valence-corrected chi connectivity index (χ0v) is 10.7. The maximum Gasteiger partial charge on any atom is 0.186 e. The number of nitrogens with zero attached hydrogens (tertiary/aromatic N) is 4. The molecule has 5 nitrogen and oxygen atoms in total. The summed E-state index contributed by atoms with van der Waals surface area (Å²) in [6.45, 7) is 1.73. The average molecular weight is 259 g/mol. The Labute approximate surface area is 109 Å². The average Bonchev–Trinajstić information content (AvgIpc) is 2.84. The van der Waals surface area contributed by atoms with Crippen molar-refractivity contribution in [2.24, 2.45) is 5.92 Å². The number of hydrogen-bond donors (Lipinski definition) is 1. The first-order valence-electron chi connectivity index (χ1n) is 5.93. The van der Waals surface area contributed by atoms with Crippen LogP contribution in [0.15, 0.2) is 12.3 Å². The number of nitriles is 1. The number of nitrogen functional groups attached to an aromatic ring is 1. The van der Waals surface area contributed by atoms with E-state index >= 15 is 0 Å². The molecule has 3 heterocycles. The number of piperidine rings is 1. The topological polar surface area (TPSA) is 78.8 Å². The summed E-state index contributed by atoms with van der Waals surface area (Å²) in [5, 5.41) is 9.96. The van der Waals surface area contributed by atoms with Gasteiger partial charge in [-0.05, 0) is 18.9 Å². The lowest BCUT2D eigenvalue weighted by Gasteiger charge is -2.28. The zero-order chi connectivity index (χ0) is 12.5. The Balaban J connectivity index is 1.95. The monoisotopic (exact) mass is 259 g/mol. The van der Waals surface area contributed by atoms with Crippen molar-refractivity contribution >= 4 is 32.5 Å². The molecular weight excluding hydrogens is 246 g/mol. The van der Waals surface area contributed by atoms with Crippen LogP contribution in [0.25, 0.3) is 10.2 Å². The van der Waals surface area contributed by atoms with Crippen molar-refractivity contribution in [1.82, 2.24) is 9.97 Å². The number of hydrogen-bond acceptors (Lipinski definition) is 6. The number of fused-ring (bicyclic) bond motifs is 1. The Morgan fingerprint density at radius 1 is 1.56 bits per heavy atom. The zero-order valence-electron chi connectivity index (χ0n) is 9.83. The van der Waals surface area contributed by atoms with Crippen LogP contribution in [-0.2, 0) is 0 Å². The fraction of sp³-hybridized carbons (Fsp3) is 0.417. The summed E-state index contributed by atoms with van der Waals surface area (Å²) < 4.78 is 0.937. The van der Waals surface area contributed by atoms with Gasteiger partial charge in [0.05, 0.1) is 22.2 Å². The lowest BCUT2D eigenvalue weighted by atomic mass is 10.0.